The average Bonchev–Trinajstić information content (AvgIpc) is 3.03. The van der Waals surface area contributed by atoms with Crippen molar-refractivity contribution in [2.75, 3.05) is 54.1 Å². The molecule has 0 saturated carbocycles. The summed E-state index contributed by atoms with van der Waals surface area (Å²) in [6.07, 6.45) is 12.6. The molecule has 0 bridgehead atoms. The van der Waals surface area contributed by atoms with Gasteiger partial charge in [-0.3, -0.25) is 0 Å². The maximum atomic E-state index is 10.3. The zero-order valence-corrected chi connectivity index (χ0v) is 29.0. The molecule has 0 aromatic heterocycles. The van der Waals surface area contributed by atoms with Crippen molar-refractivity contribution in [2.45, 2.75) is 83.8 Å². The highest BCUT2D eigenvalue weighted by Gasteiger charge is 2.18. The van der Waals surface area contributed by atoms with E-state index in [1.54, 1.807) is 0 Å². The van der Waals surface area contributed by atoms with Crippen molar-refractivity contribution in [2.24, 2.45) is 0 Å². The Bertz CT molecular complexity index is 1190. The monoisotopic (exact) mass is 642 g/mol. The van der Waals surface area contributed by atoms with Gasteiger partial charge in [0.05, 0.1) is 41.0 Å². The number of ether oxygens (including phenoxy) is 3. The summed E-state index contributed by atoms with van der Waals surface area (Å²) in [5, 5.41) is 2.03. The summed E-state index contributed by atoms with van der Waals surface area (Å²) in [6.45, 7) is 4.99. The molecule has 0 fully saturated rings. The first kappa shape index (κ1) is 37.2. The first-order chi connectivity index (χ1) is 21.9. The van der Waals surface area contributed by atoms with Crippen LogP contribution in [-0.4, -0.2) is 69.6 Å². The molecule has 0 aliphatic carbocycles. The van der Waals surface area contributed by atoms with E-state index in [-0.39, 0.29) is 13.2 Å². The van der Waals surface area contributed by atoms with Crippen LogP contribution in [0.2, 0.25) is 0 Å². The Hall–Kier alpha value is -2.25. The predicted molar refractivity (Wildman–Crippen MR) is 186 cm³/mol. The van der Waals surface area contributed by atoms with Crippen molar-refractivity contribution in [1.29, 1.82) is 0 Å². The second-order valence-electron chi connectivity index (χ2n) is 12.7. The van der Waals surface area contributed by atoms with Crippen molar-refractivity contribution < 1.29 is 32.6 Å². The fraction of sp³-hybridized carbons (Fsp3) is 0.568. The highest BCUT2D eigenvalue weighted by atomic mass is 31.2. The average molecular weight is 643 g/mol. The Morgan fingerprint density at radius 2 is 1.22 bits per heavy atom. The lowest BCUT2D eigenvalue weighted by Crippen LogP contribution is -2.37. The molecule has 3 rings (SSSR count). The molecule has 3 aromatic rings. The molecule has 0 aliphatic heterocycles. The summed E-state index contributed by atoms with van der Waals surface area (Å²) in [6, 6.07) is 22.1. The normalized spacial score (nSPS) is 13.2. The molecule has 0 heterocycles. The number of benzene rings is 3. The van der Waals surface area contributed by atoms with Crippen molar-refractivity contribution >= 4 is 19.4 Å². The molecule has 0 radical (unpaired) electrons. The summed E-state index contributed by atoms with van der Waals surface area (Å²) >= 11 is 0. The fourth-order valence-corrected chi connectivity index (χ4v) is 5.57. The van der Waals surface area contributed by atoms with Crippen molar-refractivity contribution in [1.82, 2.24) is 0 Å². The van der Waals surface area contributed by atoms with Gasteiger partial charge < -0.3 is 32.6 Å². The Balaban J connectivity index is 1.50. The molecule has 2 unspecified atom stereocenters. The number of unbranched alkanes of at least 4 members (excludes halogenated alkanes) is 9. The van der Waals surface area contributed by atoms with E-state index in [4.69, 9.17) is 23.3 Å². The van der Waals surface area contributed by atoms with Crippen LogP contribution >= 0.6 is 8.60 Å². The van der Waals surface area contributed by atoms with Gasteiger partial charge in [-0.15, -0.1) is 0 Å². The maximum absolute atomic E-state index is 10.3. The van der Waals surface area contributed by atoms with E-state index in [1.165, 1.54) is 57.8 Å². The molecular weight excluding hydrogens is 585 g/mol. The number of fused-ring (bicyclic) bond motifs is 1. The molecule has 8 heteroatoms. The van der Waals surface area contributed by atoms with Crippen LogP contribution in [0.4, 0.5) is 0 Å². The van der Waals surface area contributed by atoms with Crippen LogP contribution in [0.15, 0.2) is 66.7 Å². The lowest BCUT2D eigenvalue weighted by atomic mass is 10.1. The van der Waals surface area contributed by atoms with Crippen LogP contribution in [0.25, 0.3) is 10.8 Å². The van der Waals surface area contributed by atoms with Gasteiger partial charge in [0, 0.05) is 10.8 Å². The summed E-state index contributed by atoms with van der Waals surface area (Å²) in [5.41, 5.74) is 1.06. The summed E-state index contributed by atoms with van der Waals surface area (Å²) < 4.78 is 30.7. The van der Waals surface area contributed by atoms with Crippen molar-refractivity contribution in [3.8, 4) is 11.5 Å². The number of hydrogen-bond donors (Lipinski definition) is 1. The molecule has 0 spiro atoms. The lowest BCUT2D eigenvalue weighted by molar-refractivity contribution is -0.870. The number of hydrogen-bond acceptors (Lipinski definition) is 6. The number of rotatable bonds is 25. The van der Waals surface area contributed by atoms with Crippen molar-refractivity contribution in [3.05, 3.63) is 72.3 Å². The van der Waals surface area contributed by atoms with Gasteiger partial charge in [-0.2, -0.15) is 0 Å². The van der Waals surface area contributed by atoms with E-state index < -0.39 is 14.7 Å². The molecule has 0 aliphatic rings. The summed E-state index contributed by atoms with van der Waals surface area (Å²) in [4.78, 5) is 10.3. The van der Waals surface area contributed by atoms with Crippen LogP contribution < -0.4 is 9.47 Å². The van der Waals surface area contributed by atoms with Gasteiger partial charge in [-0.25, -0.2) is 0 Å². The standard InChI is InChI=1S/C37H57NO6P/c1-5-6-7-8-9-10-11-12-13-19-27-40-36-24-25-37(35-23-18-17-22-34(35)36)42-30-33(41-29-32-20-15-14-16-21-32)31-44-45(39)43-28-26-38(2,3)4/h14-18,20-25,33,39H,5-13,19,26-31H2,1-4H3/q+1. The molecule has 0 saturated heterocycles. The topological polar surface area (TPSA) is 66.4 Å². The summed E-state index contributed by atoms with van der Waals surface area (Å²) in [5.74, 6) is 1.64. The minimum Gasteiger partial charge on any atom is -0.493 e. The highest BCUT2D eigenvalue weighted by Crippen LogP contribution is 2.35. The van der Waals surface area contributed by atoms with E-state index in [0.717, 1.165) is 45.3 Å². The predicted octanol–water partition coefficient (Wildman–Crippen LogP) is 9.06. The molecule has 45 heavy (non-hydrogen) atoms. The van der Waals surface area contributed by atoms with E-state index >= 15 is 0 Å². The number of quaternary nitrogens is 1. The second-order valence-corrected chi connectivity index (χ2v) is 13.7. The van der Waals surface area contributed by atoms with Crippen LogP contribution in [0.3, 0.4) is 0 Å². The number of nitrogens with zero attached hydrogens (tertiary/aromatic N) is 1. The second kappa shape index (κ2) is 21.5. The molecular formula is C37H57NO6P+. The summed E-state index contributed by atoms with van der Waals surface area (Å²) in [7, 11) is 4.23. The van der Waals surface area contributed by atoms with Gasteiger partial charge in [0.2, 0.25) is 0 Å². The molecule has 7 nitrogen and oxygen atoms in total. The minimum atomic E-state index is -2.01. The third-order valence-electron chi connectivity index (χ3n) is 7.69. The van der Waals surface area contributed by atoms with Gasteiger partial charge >= 0.3 is 8.60 Å². The van der Waals surface area contributed by atoms with E-state index in [0.29, 0.717) is 19.8 Å². The maximum Gasteiger partial charge on any atom is 0.330 e. The van der Waals surface area contributed by atoms with Gasteiger partial charge in [0.15, 0.2) is 0 Å². The van der Waals surface area contributed by atoms with E-state index in [2.05, 4.69) is 40.2 Å². The third-order valence-corrected chi connectivity index (χ3v) is 8.46. The lowest BCUT2D eigenvalue weighted by Gasteiger charge is -2.24. The number of likely N-dealkylation sites (N-methyl/N-ethyl adjacent to an activating group) is 1. The molecule has 250 valence electrons. The Kier molecular flexibility index (Phi) is 17.8. The molecule has 0 amide bonds. The van der Waals surface area contributed by atoms with Crippen molar-refractivity contribution in [3.63, 3.8) is 0 Å². The Morgan fingerprint density at radius 3 is 1.84 bits per heavy atom. The first-order valence-electron chi connectivity index (χ1n) is 16.8. The molecule has 1 N–H and O–H groups in total. The van der Waals surface area contributed by atoms with Gasteiger partial charge in [0.1, 0.15) is 37.4 Å². The van der Waals surface area contributed by atoms with Crippen LogP contribution in [0.5, 0.6) is 11.5 Å². The zero-order chi connectivity index (χ0) is 32.2. The van der Waals surface area contributed by atoms with Crippen LogP contribution in [0.1, 0.15) is 76.7 Å². The molecule has 3 aromatic carbocycles. The van der Waals surface area contributed by atoms with Gasteiger partial charge in [-0.05, 0) is 24.1 Å². The first-order valence-corrected chi connectivity index (χ1v) is 18.0. The smallest absolute Gasteiger partial charge is 0.330 e. The van der Waals surface area contributed by atoms with E-state index in [9.17, 15) is 4.89 Å². The van der Waals surface area contributed by atoms with Gasteiger partial charge in [0.25, 0.3) is 0 Å². The van der Waals surface area contributed by atoms with Crippen LogP contribution in [0, 0.1) is 0 Å². The zero-order valence-electron chi connectivity index (χ0n) is 28.1. The highest BCUT2D eigenvalue weighted by molar-refractivity contribution is 7.40. The minimum absolute atomic E-state index is 0.150. The largest absolute Gasteiger partial charge is 0.493 e. The Labute approximate surface area is 273 Å². The van der Waals surface area contributed by atoms with Gasteiger partial charge in [-0.1, -0.05) is 119 Å². The quantitative estimate of drug-likeness (QED) is 0.0565. The van der Waals surface area contributed by atoms with Crippen LogP contribution in [-0.2, 0) is 20.4 Å². The molecule has 2 atom stereocenters. The fourth-order valence-electron chi connectivity index (χ4n) is 4.96. The SMILES string of the molecule is CCCCCCCCCCCCOc1ccc(OCC(COP(O)OCC[N+](C)(C)C)OCc2ccccc2)c2ccccc12. The Morgan fingerprint density at radius 1 is 0.644 bits per heavy atom. The third kappa shape index (κ3) is 15.7. The van der Waals surface area contributed by atoms with E-state index in [1.807, 2.05) is 54.6 Å².